The number of nitrogens with zero attached hydrogens (tertiary/aromatic N) is 2. The van der Waals surface area contributed by atoms with E-state index in [1.54, 1.807) is 0 Å². The molecule has 16 rings (SSSR count). The average molecular weight is 967 g/mol. The van der Waals surface area contributed by atoms with Crippen molar-refractivity contribution < 1.29 is 4.42 Å². The Morgan fingerprint density at radius 3 is 1.43 bits per heavy atom. The van der Waals surface area contributed by atoms with E-state index in [-0.39, 0.29) is 0 Å². The van der Waals surface area contributed by atoms with Crippen LogP contribution in [-0.4, -0.2) is 9.13 Å². The molecule has 0 amide bonds. The highest BCUT2D eigenvalue weighted by Crippen LogP contribution is 2.57. The number of hydrogen-bond acceptors (Lipinski definition) is 1. The molecule has 1 unspecified atom stereocenters. The second kappa shape index (κ2) is 16.5. The summed E-state index contributed by atoms with van der Waals surface area (Å²) in [4.78, 5) is 0. The largest absolute Gasteiger partial charge is 0.455 e. The maximum absolute atomic E-state index is 6.58. The van der Waals surface area contributed by atoms with Gasteiger partial charge >= 0.3 is 0 Å². The monoisotopic (exact) mass is 966 g/mol. The van der Waals surface area contributed by atoms with Gasteiger partial charge < -0.3 is 13.6 Å². The van der Waals surface area contributed by atoms with Crippen LogP contribution in [0.15, 0.2) is 283 Å². The van der Waals surface area contributed by atoms with Crippen molar-refractivity contribution in [3.8, 4) is 55.9 Å². The fourth-order valence-electron chi connectivity index (χ4n) is 13.1. The van der Waals surface area contributed by atoms with Crippen molar-refractivity contribution in [3.63, 3.8) is 0 Å². The molecule has 1 aliphatic carbocycles. The third-order valence-corrected chi connectivity index (χ3v) is 16.4. The molecule has 354 valence electrons. The Morgan fingerprint density at radius 1 is 0.263 bits per heavy atom. The third kappa shape index (κ3) is 6.17. The molecule has 3 heterocycles. The standard InChI is InChI=1S/C73H46N2O/c1-3-16-47(17-4-1)48-30-36-52(37-31-48)73(53-38-32-49(33-39-53)56-24-15-25-62-61-23-10-14-29-71(61)76-72(56)62)65-26-11-7-20-57(65)58-41-40-55(46-66(58)73)75-68-28-13-9-22-60(68)64-45-51(35-43-70(64)75)50-34-42-69-63(44-50)59-21-8-12-27-67(59)74(69)54-18-5-2-6-19-54/h1-46H. The second-order valence-corrected chi connectivity index (χ2v) is 20.3. The van der Waals surface area contributed by atoms with E-state index in [0.29, 0.717) is 0 Å². The van der Waals surface area contributed by atoms with Gasteiger partial charge in [0.25, 0.3) is 0 Å². The summed E-state index contributed by atoms with van der Waals surface area (Å²) in [5, 5.41) is 7.21. The van der Waals surface area contributed by atoms with Crippen LogP contribution in [0.25, 0.3) is 121 Å². The van der Waals surface area contributed by atoms with Crippen LogP contribution < -0.4 is 0 Å². The number of fused-ring (bicyclic) bond motifs is 12. The summed E-state index contributed by atoms with van der Waals surface area (Å²) >= 11 is 0. The van der Waals surface area contributed by atoms with Crippen molar-refractivity contribution in [1.82, 2.24) is 9.13 Å². The molecule has 15 aromatic rings. The van der Waals surface area contributed by atoms with Gasteiger partial charge in [0, 0.05) is 49.3 Å². The minimum absolute atomic E-state index is 0.644. The number of para-hydroxylation sites is 5. The Labute approximate surface area is 439 Å². The van der Waals surface area contributed by atoms with Crippen LogP contribution in [0.4, 0.5) is 0 Å². The normalized spacial score (nSPS) is 14.1. The molecule has 1 aliphatic rings. The summed E-state index contributed by atoms with van der Waals surface area (Å²) < 4.78 is 11.4. The number of furan rings is 1. The first-order chi connectivity index (χ1) is 37.7. The van der Waals surface area contributed by atoms with Gasteiger partial charge in [-0.2, -0.15) is 0 Å². The fourth-order valence-corrected chi connectivity index (χ4v) is 13.1. The summed E-state index contributed by atoms with van der Waals surface area (Å²) in [6, 6.07) is 103. The minimum Gasteiger partial charge on any atom is -0.455 e. The summed E-state index contributed by atoms with van der Waals surface area (Å²) in [5.74, 6) is 0. The van der Waals surface area contributed by atoms with E-state index >= 15 is 0 Å². The Hall–Kier alpha value is -9.96. The van der Waals surface area contributed by atoms with Crippen molar-refractivity contribution in [2.24, 2.45) is 0 Å². The van der Waals surface area contributed by atoms with Crippen LogP contribution in [0.5, 0.6) is 0 Å². The van der Waals surface area contributed by atoms with Gasteiger partial charge in [-0.15, -0.1) is 0 Å². The predicted molar refractivity (Wildman–Crippen MR) is 316 cm³/mol. The van der Waals surface area contributed by atoms with Crippen molar-refractivity contribution in [2.45, 2.75) is 5.41 Å². The molecule has 12 aromatic carbocycles. The lowest BCUT2D eigenvalue weighted by Gasteiger charge is -2.34. The topological polar surface area (TPSA) is 23.0 Å². The van der Waals surface area contributed by atoms with Crippen LogP contribution in [0.1, 0.15) is 22.3 Å². The van der Waals surface area contributed by atoms with Crippen LogP contribution in [0, 0.1) is 0 Å². The fraction of sp³-hybridized carbons (Fsp3) is 0.0137. The highest BCUT2D eigenvalue weighted by molar-refractivity contribution is 6.13. The summed E-state index contributed by atoms with van der Waals surface area (Å²) in [5.41, 5.74) is 22.7. The quantitative estimate of drug-likeness (QED) is 0.156. The maximum atomic E-state index is 6.58. The Bertz CT molecular complexity index is 4790. The van der Waals surface area contributed by atoms with Gasteiger partial charge in [-0.1, -0.05) is 212 Å². The summed E-state index contributed by atoms with van der Waals surface area (Å²) in [6.45, 7) is 0. The molecule has 0 aliphatic heterocycles. The van der Waals surface area contributed by atoms with E-state index < -0.39 is 5.41 Å². The molecule has 3 aromatic heterocycles. The Kier molecular flexibility index (Phi) is 9.25. The van der Waals surface area contributed by atoms with E-state index in [1.807, 2.05) is 6.07 Å². The van der Waals surface area contributed by atoms with Gasteiger partial charge in [0.1, 0.15) is 11.2 Å². The molecule has 0 spiro atoms. The summed E-state index contributed by atoms with van der Waals surface area (Å²) in [7, 11) is 0. The molecule has 0 saturated heterocycles. The van der Waals surface area contributed by atoms with Crippen LogP contribution in [0.3, 0.4) is 0 Å². The lowest BCUT2D eigenvalue weighted by Crippen LogP contribution is -2.28. The maximum Gasteiger partial charge on any atom is 0.143 e. The van der Waals surface area contributed by atoms with Crippen molar-refractivity contribution in [1.29, 1.82) is 0 Å². The highest BCUT2D eigenvalue weighted by atomic mass is 16.3. The predicted octanol–water partition coefficient (Wildman–Crippen LogP) is 19.1. The van der Waals surface area contributed by atoms with Gasteiger partial charge in [-0.25, -0.2) is 0 Å². The van der Waals surface area contributed by atoms with E-state index in [2.05, 4.69) is 282 Å². The molecular weight excluding hydrogens is 921 g/mol. The lowest BCUT2D eigenvalue weighted by molar-refractivity contribution is 0.670. The molecule has 3 nitrogen and oxygen atoms in total. The molecular formula is C73H46N2O. The average Bonchev–Trinajstić information content (AvgIpc) is 4.31. The van der Waals surface area contributed by atoms with Crippen LogP contribution in [0.2, 0.25) is 0 Å². The zero-order valence-corrected chi connectivity index (χ0v) is 41.4. The Balaban J connectivity index is 0.879. The molecule has 3 heteroatoms. The van der Waals surface area contributed by atoms with E-state index in [9.17, 15) is 0 Å². The van der Waals surface area contributed by atoms with Gasteiger partial charge in [0.2, 0.25) is 0 Å². The van der Waals surface area contributed by atoms with E-state index in [4.69, 9.17) is 4.42 Å². The first-order valence-corrected chi connectivity index (χ1v) is 26.2. The number of hydrogen-bond donors (Lipinski definition) is 0. The smallest absolute Gasteiger partial charge is 0.143 e. The molecule has 0 N–H and O–H groups in total. The molecule has 0 radical (unpaired) electrons. The first kappa shape index (κ1) is 42.5. The van der Waals surface area contributed by atoms with Crippen molar-refractivity contribution >= 4 is 65.6 Å². The molecule has 0 bridgehead atoms. The summed E-state index contributed by atoms with van der Waals surface area (Å²) in [6.07, 6.45) is 0. The van der Waals surface area contributed by atoms with Gasteiger partial charge in [-0.3, -0.25) is 0 Å². The number of rotatable bonds is 7. The van der Waals surface area contributed by atoms with E-state index in [0.717, 1.165) is 44.4 Å². The molecule has 0 saturated carbocycles. The minimum atomic E-state index is -0.644. The molecule has 76 heavy (non-hydrogen) atoms. The van der Waals surface area contributed by atoms with Gasteiger partial charge in [0.15, 0.2) is 0 Å². The highest BCUT2D eigenvalue weighted by Gasteiger charge is 2.46. The second-order valence-electron chi connectivity index (χ2n) is 20.3. The number of aromatic nitrogens is 2. The Morgan fingerprint density at radius 2 is 0.750 bits per heavy atom. The van der Waals surface area contributed by atoms with E-state index in [1.165, 1.54) is 99.2 Å². The van der Waals surface area contributed by atoms with Gasteiger partial charge in [0.05, 0.1) is 27.5 Å². The van der Waals surface area contributed by atoms with Crippen molar-refractivity contribution in [3.05, 3.63) is 301 Å². The SMILES string of the molecule is c1ccc(-c2ccc(C3(c4ccc(-c5cccc6c5oc5ccccc56)cc4)c4ccccc4-c4ccc(-n5c6ccccc6c6cc(-c7ccc8c(c7)c7ccccc7n8-c7ccccc7)ccc65)cc43)cc2)cc1. The molecule has 1 atom stereocenters. The molecule has 0 fully saturated rings. The first-order valence-electron chi connectivity index (χ1n) is 26.2. The lowest BCUT2D eigenvalue weighted by atomic mass is 9.67. The zero-order valence-electron chi connectivity index (χ0n) is 41.4. The number of benzene rings is 12. The third-order valence-electron chi connectivity index (χ3n) is 16.4. The zero-order chi connectivity index (χ0) is 49.9. The van der Waals surface area contributed by atoms with Crippen molar-refractivity contribution in [2.75, 3.05) is 0 Å². The van der Waals surface area contributed by atoms with Gasteiger partial charge in [-0.05, 0) is 128 Å². The van der Waals surface area contributed by atoms with Crippen LogP contribution in [-0.2, 0) is 5.41 Å². The van der Waals surface area contributed by atoms with Crippen LogP contribution >= 0.6 is 0 Å².